The number of carbonyl (C=O) groups excluding carboxylic acids is 1. The van der Waals surface area contributed by atoms with Gasteiger partial charge in [-0.2, -0.15) is 0 Å². The zero-order chi connectivity index (χ0) is 17.2. The van der Waals surface area contributed by atoms with Gasteiger partial charge in [-0.05, 0) is 30.7 Å². The minimum Gasteiger partial charge on any atom is -0.393 e. The number of nitrogens with zero attached hydrogens (tertiary/aromatic N) is 2. The molecule has 0 saturated carbocycles. The number of benzene rings is 1. The summed E-state index contributed by atoms with van der Waals surface area (Å²) < 4.78 is 12.9. The summed E-state index contributed by atoms with van der Waals surface area (Å²) in [5.41, 5.74) is 0.353. The van der Waals surface area contributed by atoms with Crippen LogP contribution >= 0.6 is 11.3 Å². The first-order chi connectivity index (χ1) is 11.5. The predicted octanol–water partition coefficient (Wildman–Crippen LogP) is 1.59. The quantitative estimate of drug-likeness (QED) is 0.781. The fourth-order valence-electron chi connectivity index (χ4n) is 2.57. The maximum atomic E-state index is 12.9. The number of urea groups is 1. The minimum atomic E-state index is -1.20. The van der Waals surface area contributed by atoms with E-state index in [0.717, 1.165) is 16.3 Å². The lowest BCUT2D eigenvalue weighted by Crippen LogP contribution is -2.42. The highest BCUT2D eigenvalue weighted by Crippen LogP contribution is 2.23. The van der Waals surface area contributed by atoms with Crippen molar-refractivity contribution < 1.29 is 19.4 Å². The first kappa shape index (κ1) is 16.8. The van der Waals surface area contributed by atoms with E-state index in [2.05, 4.69) is 10.3 Å². The molecule has 1 saturated heterocycles. The Labute approximate surface area is 142 Å². The number of aliphatic hydroxyl groups is 2. The van der Waals surface area contributed by atoms with Crippen molar-refractivity contribution in [1.29, 1.82) is 0 Å². The van der Waals surface area contributed by atoms with Crippen molar-refractivity contribution in [3.8, 4) is 11.3 Å². The number of halogens is 1. The molecule has 1 aromatic carbocycles. The van der Waals surface area contributed by atoms with Crippen LogP contribution in [0, 0.1) is 5.82 Å². The summed E-state index contributed by atoms with van der Waals surface area (Å²) >= 11 is 1.41. The van der Waals surface area contributed by atoms with E-state index in [1.165, 1.54) is 28.4 Å². The number of amides is 2. The van der Waals surface area contributed by atoms with Crippen LogP contribution in [-0.2, 0) is 6.54 Å². The fraction of sp³-hybridized carbons (Fsp3) is 0.375. The molecule has 2 aromatic rings. The third kappa shape index (κ3) is 3.72. The van der Waals surface area contributed by atoms with E-state index in [-0.39, 0.29) is 31.5 Å². The SMILES string of the molecule is O=C(NCc1nc(-c2ccc(F)cc2)cs1)N1CCC(O)(CO)C1. The van der Waals surface area contributed by atoms with Gasteiger partial charge in [-0.15, -0.1) is 11.3 Å². The Morgan fingerprint density at radius 3 is 2.83 bits per heavy atom. The Morgan fingerprint density at radius 2 is 2.17 bits per heavy atom. The van der Waals surface area contributed by atoms with Crippen LogP contribution in [-0.4, -0.2) is 51.4 Å². The lowest BCUT2D eigenvalue weighted by atomic mass is 10.1. The van der Waals surface area contributed by atoms with Crippen LogP contribution in [0.2, 0.25) is 0 Å². The molecular weight excluding hydrogens is 333 g/mol. The first-order valence-electron chi connectivity index (χ1n) is 7.55. The number of aromatic nitrogens is 1. The molecule has 3 rings (SSSR count). The largest absolute Gasteiger partial charge is 0.393 e. The van der Waals surface area contributed by atoms with Gasteiger partial charge in [0.05, 0.1) is 25.4 Å². The van der Waals surface area contributed by atoms with Gasteiger partial charge in [0.15, 0.2) is 0 Å². The molecular formula is C16H18FN3O3S. The molecule has 6 nitrogen and oxygen atoms in total. The van der Waals surface area contributed by atoms with Gasteiger partial charge in [-0.25, -0.2) is 14.2 Å². The molecule has 1 fully saturated rings. The van der Waals surface area contributed by atoms with E-state index < -0.39 is 5.60 Å². The molecule has 3 N–H and O–H groups in total. The molecule has 0 spiro atoms. The molecule has 0 bridgehead atoms. The summed E-state index contributed by atoms with van der Waals surface area (Å²) in [6.45, 7) is 0.443. The van der Waals surface area contributed by atoms with Gasteiger partial charge in [0.2, 0.25) is 0 Å². The molecule has 8 heteroatoms. The Bertz CT molecular complexity index is 722. The topological polar surface area (TPSA) is 85.7 Å². The number of aliphatic hydroxyl groups excluding tert-OH is 1. The Morgan fingerprint density at radius 1 is 1.42 bits per heavy atom. The highest BCUT2D eigenvalue weighted by molar-refractivity contribution is 7.09. The predicted molar refractivity (Wildman–Crippen MR) is 88.0 cm³/mol. The molecule has 0 aliphatic carbocycles. The minimum absolute atomic E-state index is 0.119. The van der Waals surface area contributed by atoms with Crippen LogP contribution in [0.3, 0.4) is 0 Å². The second-order valence-electron chi connectivity index (χ2n) is 5.85. The third-order valence-corrected chi connectivity index (χ3v) is 4.85. The lowest BCUT2D eigenvalue weighted by Gasteiger charge is -2.21. The van der Waals surface area contributed by atoms with Crippen molar-refractivity contribution in [3.63, 3.8) is 0 Å². The second-order valence-corrected chi connectivity index (χ2v) is 6.79. The van der Waals surface area contributed by atoms with Gasteiger partial charge in [0.25, 0.3) is 0 Å². The molecule has 1 atom stereocenters. The van der Waals surface area contributed by atoms with Crippen molar-refractivity contribution in [3.05, 3.63) is 40.5 Å². The number of nitrogens with one attached hydrogen (secondary N) is 1. The number of hydrogen-bond acceptors (Lipinski definition) is 5. The number of β-amino-alcohol motifs (C(OH)–C–C–N with tert-alkyl or cyclic N) is 1. The molecule has 128 valence electrons. The summed E-state index contributed by atoms with van der Waals surface area (Å²) in [6.07, 6.45) is 0.364. The van der Waals surface area contributed by atoms with Gasteiger partial charge in [-0.1, -0.05) is 0 Å². The summed E-state index contributed by atoms with van der Waals surface area (Å²) in [5, 5.41) is 24.4. The van der Waals surface area contributed by atoms with Gasteiger partial charge >= 0.3 is 6.03 Å². The summed E-state index contributed by atoms with van der Waals surface area (Å²) in [7, 11) is 0. The van der Waals surface area contributed by atoms with Gasteiger partial charge in [0.1, 0.15) is 16.4 Å². The average molecular weight is 351 g/mol. The summed E-state index contributed by atoms with van der Waals surface area (Å²) in [4.78, 5) is 18.0. The highest BCUT2D eigenvalue weighted by atomic mass is 32.1. The van der Waals surface area contributed by atoms with Gasteiger partial charge in [-0.3, -0.25) is 0 Å². The fourth-order valence-corrected chi connectivity index (χ4v) is 3.31. The molecule has 1 aliphatic rings. The molecule has 1 unspecified atom stereocenters. The summed E-state index contributed by atoms with van der Waals surface area (Å²) in [5.74, 6) is -0.296. The van der Waals surface area contributed by atoms with E-state index in [4.69, 9.17) is 5.11 Å². The van der Waals surface area contributed by atoms with Crippen LogP contribution in [0.1, 0.15) is 11.4 Å². The molecule has 2 heterocycles. The second kappa shape index (κ2) is 6.84. The number of carbonyl (C=O) groups is 1. The van der Waals surface area contributed by atoms with Crippen molar-refractivity contribution >= 4 is 17.4 Å². The van der Waals surface area contributed by atoms with Crippen LogP contribution < -0.4 is 5.32 Å². The lowest BCUT2D eigenvalue weighted by molar-refractivity contribution is -0.00280. The number of rotatable bonds is 4. The number of thiazole rings is 1. The van der Waals surface area contributed by atoms with Crippen LogP contribution in [0.25, 0.3) is 11.3 Å². The van der Waals surface area contributed by atoms with Crippen LogP contribution in [0.4, 0.5) is 9.18 Å². The zero-order valence-electron chi connectivity index (χ0n) is 12.9. The Hall–Kier alpha value is -2.03. The molecule has 1 aromatic heterocycles. The number of likely N-dealkylation sites (tertiary alicyclic amines) is 1. The standard InChI is InChI=1S/C16H18FN3O3S/c17-12-3-1-11(2-4-12)13-8-24-14(19-13)7-18-15(22)20-6-5-16(23,9-20)10-21/h1-4,8,21,23H,5-7,9-10H2,(H,18,22). The summed E-state index contributed by atoms with van der Waals surface area (Å²) in [6, 6.07) is 5.79. The Kier molecular flexibility index (Phi) is 4.79. The zero-order valence-corrected chi connectivity index (χ0v) is 13.7. The van der Waals surface area contributed by atoms with Crippen LogP contribution in [0.15, 0.2) is 29.6 Å². The van der Waals surface area contributed by atoms with E-state index in [1.54, 1.807) is 12.1 Å². The monoisotopic (exact) mass is 351 g/mol. The Balaban J connectivity index is 1.56. The maximum absolute atomic E-state index is 12.9. The smallest absolute Gasteiger partial charge is 0.317 e. The van der Waals surface area contributed by atoms with Gasteiger partial charge in [0, 0.05) is 17.5 Å². The van der Waals surface area contributed by atoms with E-state index in [1.807, 2.05) is 5.38 Å². The molecule has 24 heavy (non-hydrogen) atoms. The van der Waals surface area contributed by atoms with E-state index >= 15 is 0 Å². The van der Waals surface area contributed by atoms with E-state index in [9.17, 15) is 14.3 Å². The highest BCUT2D eigenvalue weighted by Gasteiger charge is 2.37. The van der Waals surface area contributed by atoms with E-state index in [0.29, 0.717) is 13.0 Å². The molecule has 0 radical (unpaired) electrons. The number of hydrogen-bond donors (Lipinski definition) is 3. The van der Waals surface area contributed by atoms with Crippen molar-refractivity contribution in [1.82, 2.24) is 15.2 Å². The van der Waals surface area contributed by atoms with Crippen molar-refractivity contribution in [2.24, 2.45) is 0 Å². The molecule has 1 aliphatic heterocycles. The average Bonchev–Trinajstić information content (AvgIpc) is 3.21. The first-order valence-corrected chi connectivity index (χ1v) is 8.43. The third-order valence-electron chi connectivity index (χ3n) is 4.00. The van der Waals surface area contributed by atoms with Crippen molar-refractivity contribution in [2.45, 2.75) is 18.6 Å². The normalized spacial score (nSPS) is 20.4. The van der Waals surface area contributed by atoms with Gasteiger partial charge < -0.3 is 20.4 Å². The molecule has 2 amide bonds. The van der Waals surface area contributed by atoms with Crippen LogP contribution in [0.5, 0.6) is 0 Å². The maximum Gasteiger partial charge on any atom is 0.317 e. The van der Waals surface area contributed by atoms with Crippen molar-refractivity contribution in [2.75, 3.05) is 19.7 Å².